The molecule has 1 aromatic carbocycles. The third-order valence-corrected chi connectivity index (χ3v) is 10.1. The second-order valence-corrected chi connectivity index (χ2v) is 14.0. The summed E-state index contributed by atoms with van der Waals surface area (Å²) in [5.74, 6) is -2.31. The van der Waals surface area contributed by atoms with Crippen molar-refractivity contribution in [3.8, 4) is 0 Å². The normalized spacial score (nSPS) is 32.4. The number of amides is 2. The minimum atomic E-state index is -1.54. The first-order valence-corrected chi connectivity index (χ1v) is 17.8. The van der Waals surface area contributed by atoms with Crippen molar-refractivity contribution < 1.29 is 68.7 Å². The number of carbonyl (C=O) groups is 3. The summed E-state index contributed by atoms with van der Waals surface area (Å²) in [7, 11) is 0. The number of aliphatic hydroxyl groups excluding tert-OH is 6. The molecule has 10 atom stereocenters. The number of hydrogen-bond donors (Lipinski definition) is 8. The van der Waals surface area contributed by atoms with Gasteiger partial charge in [0.15, 0.2) is 12.1 Å². The maximum absolute atomic E-state index is 13.5. The molecular formula is C36H48N2O14. The van der Waals surface area contributed by atoms with E-state index in [1.165, 1.54) is 6.92 Å². The number of nitrogens with one attached hydrogen (secondary N) is 2. The molecular weight excluding hydrogens is 684 g/mol. The number of hydrogen-bond acceptors (Lipinski definition) is 14. The average Bonchev–Trinajstić information content (AvgIpc) is 4.08. The molecule has 2 amide bonds. The van der Waals surface area contributed by atoms with Crippen LogP contribution in [0.4, 0.5) is 0 Å². The molecule has 16 nitrogen and oxygen atoms in total. The van der Waals surface area contributed by atoms with Gasteiger partial charge in [0.1, 0.15) is 48.8 Å². The van der Waals surface area contributed by atoms with Crippen LogP contribution in [0, 0.1) is 11.8 Å². The lowest BCUT2D eigenvalue weighted by Crippen LogP contribution is -2.59. The van der Waals surface area contributed by atoms with Crippen molar-refractivity contribution >= 4 is 23.9 Å². The van der Waals surface area contributed by atoms with Crippen molar-refractivity contribution in [1.82, 2.24) is 10.6 Å². The van der Waals surface area contributed by atoms with Crippen LogP contribution in [0.2, 0.25) is 0 Å². The van der Waals surface area contributed by atoms with Gasteiger partial charge in [0, 0.05) is 30.4 Å². The Morgan fingerprint density at radius 3 is 2.31 bits per heavy atom. The Hall–Kier alpha value is -3.29. The lowest BCUT2D eigenvalue weighted by molar-refractivity contribution is -0.298. The molecule has 0 radical (unpaired) electrons. The molecule has 0 spiro atoms. The van der Waals surface area contributed by atoms with Crippen molar-refractivity contribution in [3.63, 3.8) is 0 Å². The number of benzene rings is 1. The second-order valence-electron chi connectivity index (χ2n) is 14.0. The molecule has 2 saturated carbocycles. The zero-order valence-corrected chi connectivity index (χ0v) is 28.8. The largest absolute Gasteiger partial charge is 0.456 e. The first-order valence-electron chi connectivity index (χ1n) is 17.8. The zero-order chi connectivity index (χ0) is 37.2. The van der Waals surface area contributed by atoms with E-state index in [2.05, 4.69) is 10.6 Å². The van der Waals surface area contributed by atoms with E-state index in [0.717, 1.165) is 25.7 Å². The van der Waals surface area contributed by atoms with Gasteiger partial charge in [-0.25, -0.2) is 4.79 Å². The van der Waals surface area contributed by atoms with Gasteiger partial charge in [0.25, 0.3) is 0 Å². The van der Waals surface area contributed by atoms with E-state index in [0.29, 0.717) is 5.56 Å². The summed E-state index contributed by atoms with van der Waals surface area (Å²) in [6, 6.07) is 5.23. The molecule has 5 aliphatic rings. The third-order valence-electron chi connectivity index (χ3n) is 10.1. The van der Waals surface area contributed by atoms with Crippen LogP contribution in [0.25, 0.3) is 6.08 Å². The second kappa shape index (κ2) is 16.4. The Kier molecular flexibility index (Phi) is 12.1. The molecule has 4 fully saturated rings. The van der Waals surface area contributed by atoms with Gasteiger partial charge >= 0.3 is 5.97 Å². The maximum atomic E-state index is 13.5. The first-order chi connectivity index (χ1) is 24.9. The number of rotatable bonds is 15. The SMILES string of the molecule is CC(O)C(NC(=O)C1=CC2OC(C3CC3)(C3CC3)OC2C(OC(=O)c2ccc(C=CCOC3OC(CO)C(O)C(O)C3O)cc2)C1)C(=O)NCCO. The molecule has 8 N–H and O–H groups in total. The van der Waals surface area contributed by atoms with Gasteiger partial charge in [-0.15, -0.1) is 0 Å². The van der Waals surface area contributed by atoms with E-state index in [1.54, 1.807) is 42.5 Å². The highest BCUT2D eigenvalue weighted by Crippen LogP contribution is 2.59. The van der Waals surface area contributed by atoms with Crippen molar-refractivity contribution in [2.75, 3.05) is 26.4 Å². The molecule has 2 heterocycles. The van der Waals surface area contributed by atoms with Crippen LogP contribution in [-0.4, -0.2) is 142 Å². The fraction of sp³-hybridized carbons (Fsp3) is 0.639. The van der Waals surface area contributed by atoms with Gasteiger partial charge in [-0.3, -0.25) is 9.59 Å². The van der Waals surface area contributed by atoms with Gasteiger partial charge < -0.3 is 65.0 Å². The highest BCUT2D eigenvalue weighted by molar-refractivity contribution is 5.97. The van der Waals surface area contributed by atoms with Gasteiger partial charge in [-0.05, 0) is 56.4 Å². The van der Waals surface area contributed by atoms with Crippen LogP contribution in [0.3, 0.4) is 0 Å². The topological polar surface area (TPSA) is 243 Å². The van der Waals surface area contributed by atoms with Crippen LogP contribution in [-0.2, 0) is 33.3 Å². The molecule has 0 bridgehead atoms. The number of carbonyl (C=O) groups excluding carboxylic acids is 3. The summed E-state index contributed by atoms with van der Waals surface area (Å²) >= 11 is 0. The minimum Gasteiger partial charge on any atom is -0.456 e. The summed E-state index contributed by atoms with van der Waals surface area (Å²) in [6.07, 6.45) is -1.57. The molecule has 2 aliphatic heterocycles. The first kappa shape index (κ1) is 38.4. The summed E-state index contributed by atoms with van der Waals surface area (Å²) < 4.78 is 30.0. The standard InChI is InChI=1S/C36H48N2O14/c1-18(41)27(33(46)37-12-13-39)38-32(45)21-15-24(31-25(16-21)51-36(52-31,22-8-9-22)23-10-11-23)49-34(47)20-6-4-19(5-7-20)3-2-14-48-35-30(44)29(43)28(42)26(17-40)50-35/h2-7,16,18,22-31,35,39-44H,8-15,17H2,1H3,(H,37,46)(H,38,45). The predicted molar refractivity (Wildman–Crippen MR) is 179 cm³/mol. The van der Waals surface area contributed by atoms with Crippen LogP contribution < -0.4 is 10.6 Å². The van der Waals surface area contributed by atoms with E-state index in [-0.39, 0.29) is 49.2 Å². The Bertz CT molecular complexity index is 1480. The molecule has 6 rings (SSSR count). The van der Waals surface area contributed by atoms with Crippen molar-refractivity contribution in [3.05, 3.63) is 53.1 Å². The van der Waals surface area contributed by atoms with E-state index < -0.39 is 91.3 Å². The van der Waals surface area contributed by atoms with E-state index in [4.69, 9.17) is 28.8 Å². The minimum absolute atomic E-state index is 0.0203. The molecule has 1 aromatic rings. The molecule has 52 heavy (non-hydrogen) atoms. The van der Waals surface area contributed by atoms with Gasteiger partial charge in [0.05, 0.1) is 31.5 Å². The van der Waals surface area contributed by atoms with Gasteiger partial charge in [-0.2, -0.15) is 0 Å². The Balaban J connectivity index is 1.10. The molecule has 2 saturated heterocycles. The summed E-state index contributed by atoms with van der Waals surface area (Å²) in [4.78, 5) is 39.6. The quantitative estimate of drug-likeness (QED) is 0.0973. The molecule has 3 aliphatic carbocycles. The summed E-state index contributed by atoms with van der Waals surface area (Å²) in [5, 5.41) is 63.7. The summed E-state index contributed by atoms with van der Waals surface area (Å²) in [5.41, 5.74) is 1.17. The average molecular weight is 733 g/mol. The highest BCUT2D eigenvalue weighted by atomic mass is 16.8. The van der Waals surface area contributed by atoms with Gasteiger partial charge in [0.2, 0.25) is 11.8 Å². The number of ether oxygens (including phenoxy) is 5. The lowest BCUT2D eigenvalue weighted by atomic mass is 9.91. The Morgan fingerprint density at radius 2 is 1.69 bits per heavy atom. The van der Waals surface area contributed by atoms with Crippen LogP contribution in [0.1, 0.15) is 54.9 Å². The Morgan fingerprint density at radius 1 is 1.00 bits per heavy atom. The fourth-order valence-electron chi connectivity index (χ4n) is 6.97. The van der Waals surface area contributed by atoms with Crippen LogP contribution >= 0.6 is 0 Å². The Labute approximate surface area is 300 Å². The van der Waals surface area contributed by atoms with E-state index in [1.807, 2.05) is 0 Å². The zero-order valence-electron chi connectivity index (χ0n) is 28.8. The fourth-order valence-corrected chi connectivity index (χ4v) is 6.97. The molecule has 10 unspecified atom stereocenters. The molecule has 286 valence electrons. The van der Waals surface area contributed by atoms with Crippen LogP contribution in [0.5, 0.6) is 0 Å². The monoisotopic (exact) mass is 732 g/mol. The van der Waals surface area contributed by atoms with Gasteiger partial charge in [-0.1, -0.05) is 24.3 Å². The maximum Gasteiger partial charge on any atom is 0.338 e. The van der Waals surface area contributed by atoms with E-state index in [9.17, 15) is 39.9 Å². The van der Waals surface area contributed by atoms with Crippen LogP contribution in [0.15, 0.2) is 42.0 Å². The highest BCUT2D eigenvalue weighted by Gasteiger charge is 2.64. The summed E-state index contributed by atoms with van der Waals surface area (Å²) in [6.45, 7) is 0.416. The predicted octanol–water partition coefficient (Wildman–Crippen LogP) is -1.35. The van der Waals surface area contributed by atoms with E-state index >= 15 is 0 Å². The lowest BCUT2D eigenvalue weighted by Gasteiger charge is -2.39. The smallest absolute Gasteiger partial charge is 0.338 e. The van der Waals surface area contributed by atoms with Crippen molar-refractivity contribution in [2.24, 2.45) is 11.8 Å². The van der Waals surface area contributed by atoms with Crippen molar-refractivity contribution in [1.29, 1.82) is 0 Å². The van der Waals surface area contributed by atoms with Crippen molar-refractivity contribution in [2.45, 2.75) is 106 Å². The third kappa shape index (κ3) is 8.41. The number of fused-ring (bicyclic) bond motifs is 1. The molecule has 16 heteroatoms. The number of aliphatic hydroxyl groups is 6. The molecule has 0 aromatic heterocycles. The number of esters is 1.